The summed E-state index contributed by atoms with van der Waals surface area (Å²) in [7, 11) is 0. The second kappa shape index (κ2) is 3.42. The van der Waals surface area contributed by atoms with E-state index in [1.54, 1.807) is 6.92 Å². The molecule has 0 atom stereocenters. The number of rotatable bonds is 1. The first kappa shape index (κ1) is 6.23. The highest BCUT2D eigenvalue weighted by Crippen LogP contribution is 1.65. The molecule has 0 radical (unpaired) electrons. The Hall–Kier alpha value is -0.770. The molecule has 0 aliphatic heterocycles. The highest BCUT2D eigenvalue weighted by atomic mass is 17.1. The lowest BCUT2D eigenvalue weighted by molar-refractivity contribution is -0.177. The molecule has 0 aromatic rings. The summed E-state index contributed by atoms with van der Waals surface area (Å²) < 4.78 is 0. The summed E-state index contributed by atoms with van der Waals surface area (Å²) >= 11 is 0. The summed E-state index contributed by atoms with van der Waals surface area (Å²) in [4.78, 5) is 13.1. The topological polar surface area (TPSA) is 58.6 Å². The maximum Gasteiger partial charge on any atom is 0.438 e. The van der Waals surface area contributed by atoms with Crippen LogP contribution in [-0.4, -0.2) is 17.9 Å². The molecule has 4 nitrogen and oxygen atoms in total. The van der Waals surface area contributed by atoms with Crippen molar-refractivity contribution in [1.29, 1.82) is 0 Å². The van der Waals surface area contributed by atoms with Crippen LogP contribution in [0.5, 0.6) is 0 Å². The molecule has 0 aromatic carbocycles. The van der Waals surface area contributed by atoms with Crippen molar-refractivity contribution in [1.82, 2.24) is 5.32 Å². The van der Waals surface area contributed by atoms with Crippen LogP contribution in [0.4, 0.5) is 4.79 Å². The van der Waals surface area contributed by atoms with Crippen molar-refractivity contribution in [2.75, 3.05) is 6.54 Å². The molecule has 0 spiro atoms. The number of nitrogens with one attached hydrogen (secondary N) is 1. The number of carbonyl (C=O) groups is 1. The van der Waals surface area contributed by atoms with Gasteiger partial charge in [0.05, 0.1) is 0 Å². The molecule has 2 N–H and O–H groups in total. The fourth-order valence-electron chi connectivity index (χ4n) is 0.177. The van der Waals surface area contributed by atoms with E-state index in [4.69, 9.17) is 5.26 Å². The zero-order chi connectivity index (χ0) is 5.70. The molecular formula is C3H7NO3. The number of hydrogen-bond acceptors (Lipinski definition) is 3. The van der Waals surface area contributed by atoms with Crippen molar-refractivity contribution in [3.05, 3.63) is 0 Å². The molecule has 0 unspecified atom stereocenters. The van der Waals surface area contributed by atoms with Gasteiger partial charge in [0.1, 0.15) is 0 Å². The van der Waals surface area contributed by atoms with Gasteiger partial charge in [0.15, 0.2) is 0 Å². The fraction of sp³-hybridized carbons (Fsp3) is 0.667. The number of hydrogen-bond donors (Lipinski definition) is 2. The SMILES string of the molecule is CCNC(=O)OO. The van der Waals surface area contributed by atoms with Crippen LogP contribution in [0.15, 0.2) is 0 Å². The third-order valence-electron chi connectivity index (χ3n) is 0.404. The maximum absolute atomic E-state index is 9.83. The number of carbonyl (C=O) groups excluding carboxylic acids is 1. The van der Waals surface area contributed by atoms with Gasteiger partial charge in [0.25, 0.3) is 0 Å². The molecule has 0 saturated carbocycles. The van der Waals surface area contributed by atoms with E-state index in [1.807, 2.05) is 0 Å². The van der Waals surface area contributed by atoms with Gasteiger partial charge in [-0.05, 0) is 6.92 Å². The summed E-state index contributed by atoms with van der Waals surface area (Å²) in [5.74, 6) is 0. The van der Waals surface area contributed by atoms with Gasteiger partial charge < -0.3 is 5.32 Å². The monoisotopic (exact) mass is 105 g/mol. The summed E-state index contributed by atoms with van der Waals surface area (Å²) in [5, 5.41) is 9.74. The highest BCUT2D eigenvalue weighted by Gasteiger charge is 1.92. The normalized spacial score (nSPS) is 7.71. The van der Waals surface area contributed by atoms with Crippen LogP contribution >= 0.6 is 0 Å². The molecule has 0 saturated heterocycles. The molecule has 4 heteroatoms. The Bertz CT molecular complexity index is 63.2. The minimum absolute atomic E-state index is 0.458. The molecule has 42 valence electrons. The molecule has 1 amide bonds. The van der Waals surface area contributed by atoms with Crippen LogP contribution in [0.2, 0.25) is 0 Å². The van der Waals surface area contributed by atoms with Crippen molar-refractivity contribution in [2.24, 2.45) is 0 Å². The Balaban J connectivity index is 3.00. The lowest BCUT2D eigenvalue weighted by atomic mass is 10.8. The van der Waals surface area contributed by atoms with Crippen molar-refractivity contribution >= 4 is 6.09 Å². The van der Waals surface area contributed by atoms with Gasteiger partial charge in [0, 0.05) is 6.54 Å². The Morgan fingerprint density at radius 3 is 2.71 bits per heavy atom. The summed E-state index contributed by atoms with van der Waals surface area (Å²) in [5.41, 5.74) is 0. The Kier molecular flexibility index (Phi) is 3.04. The second-order valence-corrected chi connectivity index (χ2v) is 0.909. The quantitative estimate of drug-likeness (QED) is 0.370. The molecule has 0 aromatic heterocycles. The van der Waals surface area contributed by atoms with E-state index >= 15 is 0 Å². The molecular weight excluding hydrogens is 98.0 g/mol. The largest absolute Gasteiger partial charge is 0.438 e. The van der Waals surface area contributed by atoms with Crippen molar-refractivity contribution in [2.45, 2.75) is 6.92 Å². The van der Waals surface area contributed by atoms with E-state index in [0.717, 1.165) is 0 Å². The minimum Gasteiger partial charge on any atom is -0.319 e. The number of amides is 1. The van der Waals surface area contributed by atoms with Crippen molar-refractivity contribution in [3.8, 4) is 0 Å². The first-order valence-electron chi connectivity index (χ1n) is 1.90. The second-order valence-electron chi connectivity index (χ2n) is 0.909. The molecule has 0 rings (SSSR count). The van der Waals surface area contributed by atoms with Crippen LogP contribution < -0.4 is 5.32 Å². The van der Waals surface area contributed by atoms with E-state index < -0.39 is 6.09 Å². The van der Waals surface area contributed by atoms with Gasteiger partial charge in [-0.2, -0.15) is 5.26 Å². The third-order valence-corrected chi connectivity index (χ3v) is 0.404. The lowest BCUT2D eigenvalue weighted by Crippen LogP contribution is -2.22. The molecule has 7 heavy (non-hydrogen) atoms. The zero-order valence-electron chi connectivity index (χ0n) is 3.97. The molecule has 0 bridgehead atoms. The van der Waals surface area contributed by atoms with Gasteiger partial charge in [-0.15, -0.1) is 0 Å². The average molecular weight is 105 g/mol. The minimum atomic E-state index is -0.817. The third kappa shape index (κ3) is 3.05. The van der Waals surface area contributed by atoms with Crippen LogP contribution in [0.1, 0.15) is 6.92 Å². The van der Waals surface area contributed by atoms with E-state index in [2.05, 4.69) is 10.2 Å². The predicted octanol–water partition coefficient (Wildman–Crippen LogP) is 0.206. The standard InChI is InChI=1S/C3H7NO3/c1-2-4-3(5)7-6/h6H,2H2,1H3,(H,4,5). The predicted molar refractivity (Wildman–Crippen MR) is 22.8 cm³/mol. The van der Waals surface area contributed by atoms with Gasteiger partial charge in [-0.25, -0.2) is 4.79 Å². The summed E-state index contributed by atoms with van der Waals surface area (Å²) in [6, 6.07) is 0. The van der Waals surface area contributed by atoms with Gasteiger partial charge in [0.2, 0.25) is 0 Å². The highest BCUT2D eigenvalue weighted by molar-refractivity contribution is 5.66. The molecule has 0 fully saturated rings. The molecule has 0 heterocycles. The van der Waals surface area contributed by atoms with Crippen LogP contribution in [0, 0.1) is 0 Å². The smallest absolute Gasteiger partial charge is 0.319 e. The summed E-state index contributed by atoms with van der Waals surface area (Å²) in [6.07, 6.45) is -0.817. The Labute approximate surface area is 41.0 Å². The first-order valence-corrected chi connectivity index (χ1v) is 1.90. The van der Waals surface area contributed by atoms with E-state index in [9.17, 15) is 4.79 Å². The van der Waals surface area contributed by atoms with Gasteiger partial charge in [-0.1, -0.05) is 0 Å². The average Bonchev–Trinajstić information content (AvgIpc) is 1.68. The van der Waals surface area contributed by atoms with E-state index in [1.165, 1.54) is 0 Å². The first-order chi connectivity index (χ1) is 3.31. The van der Waals surface area contributed by atoms with Crippen LogP contribution in [0.3, 0.4) is 0 Å². The fourth-order valence-corrected chi connectivity index (χ4v) is 0.177. The van der Waals surface area contributed by atoms with Gasteiger partial charge >= 0.3 is 6.09 Å². The lowest BCUT2D eigenvalue weighted by Gasteiger charge is -1.92. The van der Waals surface area contributed by atoms with E-state index in [0.29, 0.717) is 6.54 Å². The Morgan fingerprint density at radius 1 is 2.00 bits per heavy atom. The van der Waals surface area contributed by atoms with Gasteiger partial charge in [-0.3, -0.25) is 4.89 Å². The zero-order valence-corrected chi connectivity index (χ0v) is 3.97. The van der Waals surface area contributed by atoms with E-state index in [-0.39, 0.29) is 0 Å². The van der Waals surface area contributed by atoms with Crippen LogP contribution in [-0.2, 0) is 4.89 Å². The summed E-state index contributed by atoms with van der Waals surface area (Å²) in [6.45, 7) is 2.18. The molecule has 0 aliphatic rings. The van der Waals surface area contributed by atoms with Crippen molar-refractivity contribution < 1.29 is 14.9 Å². The molecule has 0 aliphatic carbocycles. The van der Waals surface area contributed by atoms with Crippen molar-refractivity contribution in [3.63, 3.8) is 0 Å². The van der Waals surface area contributed by atoms with Crippen LogP contribution in [0.25, 0.3) is 0 Å². The Morgan fingerprint density at radius 2 is 2.57 bits per heavy atom. The maximum atomic E-state index is 9.83.